The van der Waals surface area contributed by atoms with E-state index in [0.29, 0.717) is 28.4 Å². The standard InChI is InChI=1S/C29H21BF2N2O2/c1-18-12-20(3)33-26(18)17-27-19(2)13-25(34(27)30(33,31)32)11-10-23-15-24-14-21-8-6-4-5-7-9-22(21)16-28(24)36-29(23)35/h4-6,8,10-17H,1-3H3/b5-4-,6-4?,8-6-,11-10+,21-8?. The van der Waals surface area contributed by atoms with Gasteiger partial charge < -0.3 is 22.0 Å². The molecule has 0 amide bonds. The van der Waals surface area contributed by atoms with Crippen LogP contribution in [-0.4, -0.2) is 21.6 Å². The second-order valence-electron chi connectivity index (χ2n) is 9.25. The molecule has 1 aromatic carbocycles. The average molecular weight is 478 g/mol. The zero-order valence-corrected chi connectivity index (χ0v) is 20.0. The molecule has 2 aliphatic heterocycles. The minimum Gasteiger partial charge on any atom is -0.422 e. The topological polar surface area (TPSA) is 38.1 Å². The third-order valence-corrected chi connectivity index (χ3v) is 6.81. The predicted molar refractivity (Wildman–Crippen MR) is 141 cm³/mol. The fraction of sp³-hybridized carbons (Fsp3) is 0.103. The number of rotatable bonds is 2. The molecule has 7 heteroatoms. The Hall–Kier alpha value is -4.44. The molecule has 1 aliphatic carbocycles. The van der Waals surface area contributed by atoms with Gasteiger partial charge in [0.25, 0.3) is 0 Å². The van der Waals surface area contributed by atoms with Gasteiger partial charge in [-0.05, 0) is 74.0 Å². The number of aromatic nitrogens is 1. The molecule has 0 fully saturated rings. The van der Waals surface area contributed by atoms with Gasteiger partial charge in [-0.1, -0.05) is 30.1 Å². The molecule has 4 nitrogen and oxygen atoms in total. The second kappa shape index (κ2) is 7.79. The van der Waals surface area contributed by atoms with Crippen LogP contribution in [0.1, 0.15) is 40.6 Å². The number of aryl methyl sites for hydroxylation is 2. The Bertz CT molecular complexity index is 1820. The van der Waals surface area contributed by atoms with Crippen LogP contribution in [-0.2, 0) is 0 Å². The predicted octanol–water partition coefficient (Wildman–Crippen LogP) is 5.85. The molecule has 0 unspecified atom stereocenters. The van der Waals surface area contributed by atoms with Crippen molar-refractivity contribution in [3.8, 4) is 11.8 Å². The lowest BCUT2D eigenvalue weighted by Crippen LogP contribution is -2.50. The number of fused-ring (bicyclic) bond motifs is 4. The maximum atomic E-state index is 15.8. The summed E-state index contributed by atoms with van der Waals surface area (Å²) in [5.41, 5.74) is 5.22. The van der Waals surface area contributed by atoms with E-state index in [4.69, 9.17) is 4.42 Å². The Kier molecular flexibility index (Phi) is 4.77. The number of nitrogens with zero attached hydrogens (tertiary/aromatic N) is 2. The first-order chi connectivity index (χ1) is 17.2. The zero-order chi connectivity index (χ0) is 25.2. The maximum absolute atomic E-state index is 15.8. The minimum atomic E-state index is -4.10. The summed E-state index contributed by atoms with van der Waals surface area (Å²) in [6.07, 6.45) is 14.1. The lowest BCUT2D eigenvalue weighted by Gasteiger charge is -2.30. The Morgan fingerprint density at radius 2 is 1.89 bits per heavy atom. The molecule has 176 valence electrons. The fourth-order valence-electron chi connectivity index (χ4n) is 5.15. The van der Waals surface area contributed by atoms with Crippen molar-refractivity contribution >= 4 is 41.9 Å². The van der Waals surface area contributed by atoms with Crippen molar-refractivity contribution in [1.82, 2.24) is 4.48 Å². The molecule has 0 N–H and O–H groups in total. The number of hydrogen-bond donors (Lipinski definition) is 0. The molecule has 3 aliphatic rings. The van der Waals surface area contributed by atoms with Crippen molar-refractivity contribution < 1.29 is 17.5 Å². The van der Waals surface area contributed by atoms with Gasteiger partial charge in [-0.3, -0.25) is 0 Å². The summed E-state index contributed by atoms with van der Waals surface area (Å²) >= 11 is 0. The van der Waals surface area contributed by atoms with E-state index in [9.17, 15) is 4.79 Å². The molecule has 0 saturated carbocycles. The van der Waals surface area contributed by atoms with Crippen LogP contribution in [0.2, 0.25) is 0 Å². The SMILES string of the molecule is CC1=CC(/C=C/c2cc3cc4c(cc3oc2=O)C#C/C=C\C=C/4)=[N+]2C1=Cc1c(C)cc(C)n1[B-]2(F)F. The third-order valence-electron chi connectivity index (χ3n) is 6.81. The van der Waals surface area contributed by atoms with Crippen molar-refractivity contribution in [3.63, 3.8) is 0 Å². The molecular weight excluding hydrogens is 457 g/mol. The Morgan fingerprint density at radius 3 is 2.72 bits per heavy atom. The molecule has 36 heavy (non-hydrogen) atoms. The van der Waals surface area contributed by atoms with E-state index in [0.717, 1.165) is 36.6 Å². The van der Waals surface area contributed by atoms with Crippen LogP contribution in [0.25, 0.3) is 29.2 Å². The summed E-state index contributed by atoms with van der Waals surface area (Å²) in [6.45, 7) is 1.25. The van der Waals surface area contributed by atoms with Crippen molar-refractivity contribution in [2.75, 3.05) is 0 Å². The largest absolute Gasteiger partial charge is 0.737 e. The molecule has 0 bridgehead atoms. The van der Waals surface area contributed by atoms with Gasteiger partial charge >= 0.3 is 12.6 Å². The van der Waals surface area contributed by atoms with Gasteiger partial charge in [0.15, 0.2) is 11.4 Å². The van der Waals surface area contributed by atoms with Gasteiger partial charge in [0.2, 0.25) is 0 Å². The summed E-state index contributed by atoms with van der Waals surface area (Å²) in [5.74, 6) is 5.99. The molecule has 0 atom stereocenters. The molecule has 6 rings (SSSR count). The molecule has 0 spiro atoms. The van der Waals surface area contributed by atoms with E-state index in [-0.39, 0.29) is 5.56 Å². The number of allylic oxidation sites excluding steroid dienone is 6. The highest BCUT2D eigenvalue weighted by atomic mass is 19.2. The summed E-state index contributed by atoms with van der Waals surface area (Å²) in [5, 5.41) is 0.725. The normalized spacial score (nSPS) is 19.0. The smallest absolute Gasteiger partial charge is 0.422 e. The van der Waals surface area contributed by atoms with Crippen LogP contribution in [0, 0.1) is 25.7 Å². The summed E-state index contributed by atoms with van der Waals surface area (Å²) in [4.78, 5) is 12.7. The summed E-state index contributed by atoms with van der Waals surface area (Å²) in [7, 11) is 0. The van der Waals surface area contributed by atoms with Gasteiger partial charge in [-0.25, -0.2) is 4.79 Å². The Balaban J connectivity index is 1.46. The molecule has 4 heterocycles. The first kappa shape index (κ1) is 22.1. The van der Waals surface area contributed by atoms with E-state index >= 15 is 8.63 Å². The maximum Gasteiger partial charge on any atom is 0.737 e. The number of benzene rings is 1. The Labute approximate surface area is 206 Å². The van der Waals surface area contributed by atoms with E-state index in [2.05, 4.69) is 11.8 Å². The quantitative estimate of drug-likeness (QED) is 0.263. The first-order valence-electron chi connectivity index (χ1n) is 11.7. The fourth-order valence-corrected chi connectivity index (χ4v) is 5.15. The summed E-state index contributed by atoms with van der Waals surface area (Å²) < 4.78 is 39.4. The van der Waals surface area contributed by atoms with Crippen LogP contribution in [0.4, 0.5) is 8.63 Å². The monoisotopic (exact) mass is 478 g/mol. The van der Waals surface area contributed by atoms with Crippen LogP contribution < -0.4 is 5.63 Å². The van der Waals surface area contributed by atoms with Crippen molar-refractivity contribution in [2.24, 2.45) is 0 Å². The lowest BCUT2D eigenvalue weighted by atomic mass is 9.89. The van der Waals surface area contributed by atoms with Crippen molar-refractivity contribution in [2.45, 2.75) is 20.8 Å². The van der Waals surface area contributed by atoms with Gasteiger partial charge in [-0.15, -0.1) is 0 Å². The Morgan fingerprint density at radius 1 is 1.06 bits per heavy atom. The first-order valence-corrected chi connectivity index (χ1v) is 11.7. The van der Waals surface area contributed by atoms with Gasteiger partial charge in [-0.2, -0.15) is 0 Å². The van der Waals surface area contributed by atoms with Crippen molar-refractivity contribution in [1.29, 1.82) is 0 Å². The van der Waals surface area contributed by atoms with Crippen LogP contribution in [0.15, 0.2) is 75.1 Å². The van der Waals surface area contributed by atoms with E-state index in [1.54, 1.807) is 49.4 Å². The third kappa shape index (κ3) is 3.29. The highest BCUT2D eigenvalue weighted by molar-refractivity contribution is 6.58. The summed E-state index contributed by atoms with van der Waals surface area (Å²) in [6, 6.07) is 7.15. The lowest BCUT2D eigenvalue weighted by molar-refractivity contribution is -0.361. The van der Waals surface area contributed by atoms with E-state index in [1.807, 2.05) is 38.1 Å². The van der Waals surface area contributed by atoms with E-state index in [1.165, 1.54) is 6.08 Å². The molecule has 0 radical (unpaired) electrons. The van der Waals surface area contributed by atoms with Gasteiger partial charge in [0.1, 0.15) is 5.58 Å². The minimum absolute atomic E-state index is 0.278. The number of hydrogen-bond acceptors (Lipinski definition) is 2. The van der Waals surface area contributed by atoms with Crippen LogP contribution in [0.3, 0.4) is 0 Å². The van der Waals surface area contributed by atoms with Gasteiger partial charge in [0, 0.05) is 40.4 Å². The molecule has 2 aromatic heterocycles. The van der Waals surface area contributed by atoms with E-state index < -0.39 is 12.6 Å². The molecular formula is C29H21BF2N2O2. The van der Waals surface area contributed by atoms with Crippen molar-refractivity contribution in [3.05, 3.63) is 110 Å². The highest BCUT2D eigenvalue weighted by Crippen LogP contribution is 2.36. The van der Waals surface area contributed by atoms with Gasteiger partial charge in [0.05, 0.1) is 5.56 Å². The highest BCUT2D eigenvalue weighted by Gasteiger charge is 2.53. The number of halogens is 2. The van der Waals surface area contributed by atoms with Crippen LogP contribution in [0.5, 0.6) is 0 Å². The molecule has 3 aromatic rings. The molecule has 0 saturated heterocycles. The van der Waals surface area contributed by atoms with Crippen LogP contribution >= 0.6 is 0 Å². The average Bonchev–Trinajstić information content (AvgIpc) is 3.29. The second-order valence-corrected chi connectivity index (χ2v) is 9.25. The zero-order valence-electron chi connectivity index (χ0n) is 20.0.